The van der Waals surface area contributed by atoms with E-state index in [2.05, 4.69) is 4.98 Å². The van der Waals surface area contributed by atoms with Crippen molar-refractivity contribution in [2.24, 2.45) is 0 Å². The fourth-order valence-corrected chi connectivity index (χ4v) is 1.15. The predicted molar refractivity (Wildman–Crippen MR) is 50.6 cm³/mol. The minimum absolute atomic E-state index is 0.0648. The lowest BCUT2D eigenvalue weighted by atomic mass is 10.3. The maximum atomic E-state index is 12.8. The highest BCUT2D eigenvalue weighted by molar-refractivity contribution is 5.28. The zero-order valence-electron chi connectivity index (χ0n) is 7.95. The van der Waals surface area contributed by atoms with Gasteiger partial charge in [0.15, 0.2) is 0 Å². The number of benzene rings is 1. The minimum Gasteiger partial charge on any atom is -0.439 e. The Morgan fingerprint density at radius 2 is 1.62 bits per heavy atom. The van der Waals surface area contributed by atoms with Gasteiger partial charge in [0, 0.05) is 24.3 Å². The standard InChI is InChI=1S/C11H6F3NO/c12-7-4-8(13)6-9(5-7)16-11-3-1-2-10(14)15-11/h1-6H. The highest BCUT2D eigenvalue weighted by Gasteiger charge is 2.04. The molecule has 0 fully saturated rings. The molecule has 0 aliphatic carbocycles. The van der Waals surface area contributed by atoms with Crippen molar-refractivity contribution < 1.29 is 17.9 Å². The molecule has 16 heavy (non-hydrogen) atoms. The SMILES string of the molecule is Fc1cc(F)cc(Oc2cccc(F)n2)c1. The average Bonchev–Trinajstić information content (AvgIpc) is 2.15. The second kappa shape index (κ2) is 4.22. The maximum absolute atomic E-state index is 12.8. The van der Waals surface area contributed by atoms with Crippen LogP contribution in [-0.2, 0) is 0 Å². The molecule has 0 saturated heterocycles. The summed E-state index contributed by atoms with van der Waals surface area (Å²) in [6.45, 7) is 0. The van der Waals surface area contributed by atoms with E-state index in [1.807, 2.05) is 0 Å². The summed E-state index contributed by atoms with van der Waals surface area (Å²) < 4.78 is 43.3. The Morgan fingerprint density at radius 3 is 2.25 bits per heavy atom. The van der Waals surface area contributed by atoms with Crippen LogP contribution in [0.2, 0.25) is 0 Å². The van der Waals surface area contributed by atoms with Crippen molar-refractivity contribution in [3.8, 4) is 11.6 Å². The van der Waals surface area contributed by atoms with Gasteiger partial charge in [0.05, 0.1) is 0 Å². The van der Waals surface area contributed by atoms with Gasteiger partial charge in [0.2, 0.25) is 11.8 Å². The Kier molecular flexibility index (Phi) is 2.76. The number of hydrogen-bond acceptors (Lipinski definition) is 2. The van der Waals surface area contributed by atoms with Crippen LogP contribution in [0.15, 0.2) is 36.4 Å². The van der Waals surface area contributed by atoms with Gasteiger partial charge in [0.25, 0.3) is 0 Å². The molecule has 0 amide bonds. The first kappa shape index (κ1) is 10.5. The lowest BCUT2D eigenvalue weighted by Crippen LogP contribution is -1.91. The smallest absolute Gasteiger partial charge is 0.221 e. The molecule has 0 N–H and O–H groups in total. The number of nitrogens with zero attached hydrogens (tertiary/aromatic N) is 1. The molecule has 0 aliphatic heterocycles. The average molecular weight is 225 g/mol. The zero-order valence-corrected chi connectivity index (χ0v) is 7.95. The normalized spacial score (nSPS) is 10.2. The first-order valence-corrected chi connectivity index (χ1v) is 4.40. The first-order chi connectivity index (χ1) is 7.63. The van der Waals surface area contributed by atoms with E-state index in [1.54, 1.807) is 0 Å². The van der Waals surface area contributed by atoms with E-state index >= 15 is 0 Å². The van der Waals surface area contributed by atoms with Crippen LogP contribution in [0.3, 0.4) is 0 Å². The molecule has 0 bridgehead atoms. The summed E-state index contributed by atoms with van der Waals surface area (Å²) in [6, 6.07) is 6.58. The fraction of sp³-hybridized carbons (Fsp3) is 0. The van der Waals surface area contributed by atoms with Crippen molar-refractivity contribution in [1.82, 2.24) is 4.98 Å². The fourth-order valence-electron chi connectivity index (χ4n) is 1.15. The zero-order chi connectivity index (χ0) is 11.5. The van der Waals surface area contributed by atoms with Crippen LogP contribution in [0.1, 0.15) is 0 Å². The van der Waals surface area contributed by atoms with Gasteiger partial charge in [-0.1, -0.05) is 6.07 Å². The third-order valence-corrected chi connectivity index (χ3v) is 1.75. The van der Waals surface area contributed by atoms with E-state index in [0.717, 1.165) is 18.2 Å². The molecular formula is C11H6F3NO. The number of ether oxygens (including phenoxy) is 1. The summed E-state index contributed by atoms with van der Waals surface area (Å²) in [4.78, 5) is 3.39. The molecular weight excluding hydrogens is 219 g/mol. The van der Waals surface area contributed by atoms with Crippen LogP contribution in [0.25, 0.3) is 0 Å². The monoisotopic (exact) mass is 225 g/mol. The third-order valence-electron chi connectivity index (χ3n) is 1.75. The van der Waals surface area contributed by atoms with Crippen LogP contribution < -0.4 is 4.74 Å². The molecule has 1 aromatic heterocycles. The Hall–Kier alpha value is -2.04. The number of rotatable bonds is 2. The Balaban J connectivity index is 2.27. The molecule has 5 heteroatoms. The molecule has 2 nitrogen and oxygen atoms in total. The highest BCUT2D eigenvalue weighted by atomic mass is 19.1. The van der Waals surface area contributed by atoms with E-state index in [1.165, 1.54) is 12.1 Å². The quantitative estimate of drug-likeness (QED) is 0.731. The predicted octanol–water partition coefficient (Wildman–Crippen LogP) is 3.29. The van der Waals surface area contributed by atoms with Crippen LogP contribution in [0.4, 0.5) is 13.2 Å². The van der Waals surface area contributed by atoms with Crippen molar-refractivity contribution >= 4 is 0 Å². The number of aromatic nitrogens is 1. The topological polar surface area (TPSA) is 22.1 Å². The largest absolute Gasteiger partial charge is 0.439 e. The third kappa shape index (κ3) is 2.50. The minimum atomic E-state index is -0.772. The Labute approximate surface area is 89.3 Å². The van der Waals surface area contributed by atoms with E-state index < -0.39 is 17.6 Å². The van der Waals surface area contributed by atoms with Gasteiger partial charge in [-0.05, 0) is 6.07 Å². The van der Waals surface area contributed by atoms with Gasteiger partial charge < -0.3 is 4.74 Å². The summed E-state index contributed by atoms with van der Waals surface area (Å²) in [5, 5.41) is 0. The Morgan fingerprint density at radius 1 is 0.938 bits per heavy atom. The lowest BCUT2D eigenvalue weighted by molar-refractivity contribution is 0.437. The second-order valence-electron chi connectivity index (χ2n) is 3.01. The molecule has 1 heterocycles. The van der Waals surface area contributed by atoms with Crippen LogP contribution in [0, 0.1) is 17.6 Å². The van der Waals surface area contributed by atoms with E-state index in [0.29, 0.717) is 6.07 Å². The van der Waals surface area contributed by atoms with Crippen LogP contribution in [0.5, 0.6) is 11.6 Å². The molecule has 0 radical (unpaired) electrons. The van der Waals surface area contributed by atoms with Crippen molar-refractivity contribution in [3.05, 3.63) is 54.0 Å². The summed E-state index contributed by atoms with van der Waals surface area (Å²) >= 11 is 0. The molecule has 0 spiro atoms. The molecule has 2 aromatic rings. The van der Waals surface area contributed by atoms with Gasteiger partial charge in [-0.15, -0.1) is 0 Å². The van der Waals surface area contributed by atoms with E-state index in [-0.39, 0.29) is 11.6 Å². The van der Waals surface area contributed by atoms with Crippen molar-refractivity contribution in [2.75, 3.05) is 0 Å². The Bertz CT molecular complexity index is 496. The molecule has 82 valence electrons. The number of hydrogen-bond donors (Lipinski definition) is 0. The van der Waals surface area contributed by atoms with Gasteiger partial charge >= 0.3 is 0 Å². The lowest BCUT2D eigenvalue weighted by Gasteiger charge is -2.04. The molecule has 1 aromatic carbocycles. The van der Waals surface area contributed by atoms with Gasteiger partial charge in [0.1, 0.15) is 17.4 Å². The van der Waals surface area contributed by atoms with Crippen molar-refractivity contribution in [2.45, 2.75) is 0 Å². The van der Waals surface area contributed by atoms with Gasteiger partial charge in [-0.3, -0.25) is 0 Å². The maximum Gasteiger partial charge on any atom is 0.221 e. The van der Waals surface area contributed by atoms with Crippen molar-refractivity contribution in [3.63, 3.8) is 0 Å². The van der Waals surface area contributed by atoms with Crippen molar-refractivity contribution in [1.29, 1.82) is 0 Å². The molecule has 2 rings (SSSR count). The molecule has 0 saturated carbocycles. The molecule has 0 aliphatic rings. The van der Waals surface area contributed by atoms with Crippen LogP contribution >= 0.6 is 0 Å². The van der Waals surface area contributed by atoms with Gasteiger partial charge in [-0.2, -0.15) is 9.37 Å². The first-order valence-electron chi connectivity index (χ1n) is 4.40. The van der Waals surface area contributed by atoms with E-state index in [9.17, 15) is 13.2 Å². The van der Waals surface area contributed by atoms with E-state index in [4.69, 9.17) is 4.74 Å². The molecule has 0 atom stereocenters. The highest BCUT2D eigenvalue weighted by Crippen LogP contribution is 2.21. The van der Waals surface area contributed by atoms with Crippen LogP contribution in [-0.4, -0.2) is 4.98 Å². The second-order valence-corrected chi connectivity index (χ2v) is 3.01. The number of pyridine rings is 1. The van der Waals surface area contributed by atoms with Gasteiger partial charge in [-0.25, -0.2) is 8.78 Å². The summed E-state index contributed by atoms with van der Waals surface area (Å²) in [7, 11) is 0. The summed E-state index contributed by atoms with van der Waals surface area (Å²) in [6.07, 6.45) is 0. The summed E-state index contributed by atoms with van der Waals surface area (Å²) in [5.41, 5.74) is 0. The number of halogens is 3. The molecule has 0 unspecified atom stereocenters. The summed E-state index contributed by atoms with van der Waals surface area (Å²) in [5.74, 6) is -2.41.